The SMILES string of the molecule is O=C(NC1CCCC1)[C@@H]1CC(=O)N(c2ccc3c(c2)OCCO3)C1. The van der Waals surface area contributed by atoms with E-state index in [1.807, 2.05) is 18.2 Å². The highest BCUT2D eigenvalue weighted by molar-refractivity contribution is 6.00. The number of nitrogens with zero attached hydrogens (tertiary/aromatic N) is 1. The molecule has 1 saturated heterocycles. The van der Waals surface area contributed by atoms with Gasteiger partial charge in [0.05, 0.1) is 5.92 Å². The molecule has 2 heterocycles. The van der Waals surface area contributed by atoms with Gasteiger partial charge in [-0.1, -0.05) is 12.8 Å². The van der Waals surface area contributed by atoms with Crippen molar-refractivity contribution in [2.45, 2.75) is 38.1 Å². The summed E-state index contributed by atoms with van der Waals surface area (Å²) in [7, 11) is 0. The molecule has 24 heavy (non-hydrogen) atoms. The van der Waals surface area contributed by atoms with Gasteiger partial charge in [-0.25, -0.2) is 0 Å². The summed E-state index contributed by atoms with van der Waals surface area (Å²) < 4.78 is 11.1. The van der Waals surface area contributed by atoms with Crippen LogP contribution < -0.4 is 19.7 Å². The second-order valence-electron chi connectivity index (χ2n) is 6.72. The van der Waals surface area contributed by atoms with Gasteiger partial charge in [-0.3, -0.25) is 9.59 Å². The van der Waals surface area contributed by atoms with E-state index in [2.05, 4.69) is 5.32 Å². The average molecular weight is 330 g/mol. The van der Waals surface area contributed by atoms with Crippen LogP contribution in [0.4, 0.5) is 5.69 Å². The fourth-order valence-electron chi connectivity index (χ4n) is 3.72. The van der Waals surface area contributed by atoms with E-state index in [-0.39, 0.29) is 30.2 Å². The summed E-state index contributed by atoms with van der Waals surface area (Å²) in [5, 5.41) is 3.10. The van der Waals surface area contributed by atoms with Crippen molar-refractivity contribution in [3.8, 4) is 11.5 Å². The molecular weight excluding hydrogens is 308 g/mol. The topological polar surface area (TPSA) is 67.9 Å². The van der Waals surface area contributed by atoms with Gasteiger partial charge in [-0.15, -0.1) is 0 Å². The highest BCUT2D eigenvalue weighted by Gasteiger charge is 2.36. The molecule has 1 aliphatic carbocycles. The monoisotopic (exact) mass is 330 g/mol. The van der Waals surface area contributed by atoms with Gasteiger partial charge in [0.1, 0.15) is 13.2 Å². The largest absolute Gasteiger partial charge is 0.486 e. The Morgan fingerprint density at radius 1 is 1.12 bits per heavy atom. The molecule has 0 aromatic heterocycles. The van der Waals surface area contributed by atoms with E-state index in [9.17, 15) is 9.59 Å². The van der Waals surface area contributed by atoms with Crippen LogP contribution in [0.3, 0.4) is 0 Å². The van der Waals surface area contributed by atoms with Crippen LogP contribution in [0.5, 0.6) is 11.5 Å². The van der Waals surface area contributed by atoms with Crippen molar-refractivity contribution in [1.29, 1.82) is 0 Å². The first-order valence-electron chi connectivity index (χ1n) is 8.71. The second-order valence-corrected chi connectivity index (χ2v) is 6.72. The van der Waals surface area contributed by atoms with Gasteiger partial charge in [0.2, 0.25) is 11.8 Å². The quantitative estimate of drug-likeness (QED) is 0.919. The van der Waals surface area contributed by atoms with Gasteiger partial charge in [-0.2, -0.15) is 0 Å². The van der Waals surface area contributed by atoms with E-state index in [0.717, 1.165) is 18.5 Å². The number of rotatable bonds is 3. The van der Waals surface area contributed by atoms with Crippen molar-refractivity contribution in [2.24, 2.45) is 5.92 Å². The number of amides is 2. The third-order valence-corrected chi connectivity index (χ3v) is 5.03. The molecule has 2 amide bonds. The van der Waals surface area contributed by atoms with Crippen molar-refractivity contribution in [3.63, 3.8) is 0 Å². The normalized spacial score (nSPS) is 23.6. The number of benzene rings is 1. The summed E-state index contributed by atoms with van der Waals surface area (Å²) in [4.78, 5) is 26.5. The Balaban J connectivity index is 1.44. The summed E-state index contributed by atoms with van der Waals surface area (Å²) in [6.07, 6.45) is 4.74. The first-order valence-corrected chi connectivity index (χ1v) is 8.71. The van der Waals surface area contributed by atoms with Crippen molar-refractivity contribution in [3.05, 3.63) is 18.2 Å². The molecule has 0 bridgehead atoms. The van der Waals surface area contributed by atoms with Gasteiger partial charge in [-0.05, 0) is 25.0 Å². The summed E-state index contributed by atoms with van der Waals surface area (Å²) in [5.41, 5.74) is 0.764. The summed E-state index contributed by atoms with van der Waals surface area (Å²) in [6.45, 7) is 1.48. The third kappa shape index (κ3) is 2.92. The van der Waals surface area contributed by atoms with Crippen LogP contribution in [-0.4, -0.2) is 37.6 Å². The van der Waals surface area contributed by atoms with Crippen LogP contribution in [0, 0.1) is 5.92 Å². The minimum absolute atomic E-state index is 0.00953. The number of nitrogens with one attached hydrogen (secondary N) is 1. The van der Waals surface area contributed by atoms with Crippen LogP contribution in [0.1, 0.15) is 32.1 Å². The third-order valence-electron chi connectivity index (χ3n) is 5.03. The zero-order valence-corrected chi connectivity index (χ0v) is 13.6. The van der Waals surface area contributed by atoms with E-state index in [1.54, 1.807) is 4.90 Å². The van der Waals surface area contributed by atoms with Gasteiger partial charge in [0.15, 0.2) is 11.5 Å². The van der Waals surface area contributed by atoms with E-state index in [0.29, 0.717) is 31.3 Å². The predicted molar refractivity (Wildman–Crippen MR) is 88.3 cm³/mol. The molecular formula is C18H22N2O4. The van der Waals surface area contributed by atoms with Crippen molar-refractivity contribution < 1.29 is 19.1 Å². The maximum absolute atomic E-state index is 12.4. The molecule has 1 saturated carbocycles. The fourth-order valence-corrected chi connectivity index (χ4v) is 3.72. The van der Waals surface area contributed by atoms with Gasteiger partial charge in [0, 0.05) is 30.8 Å². The van der Waals surface area contributed by atoms with E-state index >= 15 is 0 Å². The van der Waals surface area contributed by atoms with Crippen LogP contribution in [0.15, 0.2) is 18.2 Å². The number of carbonyl (C=O) groups is 2. The lowest BCUT2D eigenvalue weighted by molar-refractivity contribution is -0.126. The maximum Gasteiger partial charge on any atom is 0.227 e. The van der Waals surface area contributed by atoms with Crippen LogP contribution in [-0.2, 0) is 9.59 Å². The molecule has 0 spiro atoms. The molecule has 3 aliphatic rings. The fraction of sp³-hybridized carbons (Fsp3) is 0.556. The molecule has 4 rings (SSSR count). The van der Waals surface area contributed by atoms with E-state index in [4.69, 9.17) is 9.47 Å². The maximum atomic E-state index is 12.4. The number of anilines is 1. The highest BCUT2D eigenvalue weighted by Crippen LogP contribution is 2.36. The van der Waals surface area contributed by atoms with Crippen molar-refractivity contribution in [2.75, 3.05) is 24.7 Å². The van der Waals surface area contributed by atoms with Gasteiger partial charge >= 0.3 is 0 Å². The molecule has 0 unspecified atom stereocenters. The van der Waals surface area contributed by atoms with E-state index in [1.165, 1.54) is 12.8 Å². The molecule has 6 nitrogen and oxygen atoms in total. The first kappa shape index (κ1) is 15.3. The Morgan fingerprint density at radius 2 is 1.88 bits per heavy atom. The molecule has 1 atom stereocenters. The van der Waals surface area contributed by atoms with Crippen LogP contribution in [0.2, 0.25) is 0 Å². The molecule has 0 radical (unpaired) electrons. The van der Waals surface area contributed by atoms with Crippen molar-refractivity contribution in [1.82, 2.24) is 5.32 Å². The van der Waals surface area contributed by atoms with Gasteiger partial charge < -0.3 is 19.7 Å². The van der Waals surface area contributed by atoms with Gasteiger partial charge in [0.25, 0.3) is 0 Å². The number of fused-ring (bicyclic) bond motifs is 1. The Morgan fingerprint density at radius 3 is 2.67 bits per heavy atom. The molecule has 1 aromatic carbocycles. The minimum atomic E-state index is -0.272. The molecule has 1 N–H and O–H groups in total. The van der Waals surface area contributed by atoms with Crippen molar-refractivity contribution >= 4 is 17.5 Å². The number of carbonyl (C=O) groups excluding carboxylic acids is 2. The summed E-state index contributed by atoms with van der Waals surface area (Å²) >= 11 is 0. The predicted octanol–water partition coefficient (Wildman–Crippen LogP) is 1.87. The molecule has 2 aliphatic heterocycles. The lowest BCUT2D eigenvalue weighted by Crippen LogP contribution is -2.38. The Hall–Kier alpha value is -2.24. The smallest absolute Gasteiger partial charge is 0.227 e. The second kappa shape index (κ2) is 6.34. The Bertz CT molecular complexity index is 654. The molecule has 6 heteroatoms. The lowest BCUT2D eigenvalue weighted by Gasteiger charge is -2.22. The number of hydrogen-bond donors (Lipinski definition) is 1. The number of hydrogen-bond acceptors (Lipinski definition) is 4. The van der Waals surface area contributed by atoms with E-state index < -0.39 is 0 Å². The zero-order chi connectivity index (χ0) is 16.5. The summed E-state index contributed by atoms with van der Waals surface area (Å²) in [5.74, 6) is 1.08. The highest BCUT2D eigenvalue weighted by atomic mass is 16.6. The number of ether oxygens (including phenoxy) is 2. The first-order chi connectivity index (χ1) is 11.7. The Labute approximate surface area is 141 Å². The van der Waals surface area contributed by atoms with Crippen LogP contribution >= 0.6 is 0 Å². The molecule has 128 valence electrons. The lowest BCUT2D eigenvalue weighted by atomic mass is 10.1. The Kier molecular flexibility index (Phi) is 4.04. The molecule has 2 fully saturated rings. The molecule has 1 aromatic rings. The minimum Gasteiger partial charge on any atom is -0.486 e. The standard InChI is InChI=1S/C18H22N2O4/c21-17-9-12(18(22)19-13-3-1-2-4-13)11-20(17)14-5-6-15-16(10-14)24-8-7-23-15/h5-6,10,12-13H,1-4,7-9,11H2,(H,19,22)/t12-/m1/s1. The average Bonchev–Trinajstić information content (AvgIpc) is 3.24. The zero-order valence-electron chi connectivity index (χ0n) is 13.6. The van der Waals surface area contributed by atoms with Crippen LogP contribution in [0.25, 0.3) is 0 Å². The summed E-state index contributed by atoms with van der Waals surface area (Å²) in [6, 6.07) is 5.78.